The number of aliphatic hydroxyl groups is 1. The van der Waals surface area contributed by atoms with Crippen molar-refractivity contribution in [3.05, 3.63) is 34.4 Å². The molecule has 0 radical (unpaired) electrons. The first-order chi connectivity index (χ1) is 8.71. The molecular formula is C16H24O3. The predicted molar refractivity (Wildman–Crippen MR) is 76.0 cm³/mol. The summed E-state index contributed by atoms with van der Waals surface area (Å²) >= 11 is 0. The summed E-state index contributed by atoms with van der Waals surface area (Å²) in [6.45, 7) is 11.5. The molecule has 106 valence electrons. The minimum atomic E-state index is -0.958. The average Bonchev–Trinajstić information content (AvgIpc) is 2.27. The van der Waals surface area contributed by atoms with Crippen LogP contribution in [0.2, 0.25) is 0 Å². The van der Waals surface area contributed by atoms with Crippen molar-refractivity contribution in [3.63, 3.8) is 0 Å². The van der Waals surface area contributed by atoms with E-state index in [1.54, 1.807) is 20.8 Å². The lowest BCUT2D eigenvalue weighted by molar-refractivity contribution is -0.160. The summed E-state index contributed by atoms with van der Waals surface area (Å²) in [7, 11) is 0. The molecule has 0 aliphatic rings. The Morgan fingerprint density at radius 1 is 1.26 bits per heavy atom. The number of hydrogen-bond donors (Lipinski definition) is 1. The number of esters is 1. The summed E-state index contributed by atoms with van der Waals surface area (Å²) in [6, 6.07) is 4.04. The Hall–Kier alpha value is -1.35. The highest BCUT2D eigenvalue weighted by molar-refractivity contribution is 5.77. The zero-order valence-corrected chi connectivity index (χ0v) is 12.7. The third-order valence-electron chi connectivity index (χ3n) is 3.50. The Balaban J connectivity index is 3.19. The van der Waals surface area contributed by atoms with Crippen LogP contribution in [-0.2, 0) is 9.53 Å². The standard InChI is InChI=1S/C16H24O3/c1-7-19-15(18)16(5,6)14(17)13-11(3)8-10(2)9-12(13)4/h8-9,14,17H,7H2,1-6H3. The number of ether oxygens (including phenoxy) is 1. The van der Waals surface area contributed by atoms with Gasteiger partial charge in [0.05, 0.1) is 18.1 Å². The molecule has 0 fully saturated rings. The van der Waals surface area contributed by atoms with Crippen molar-refractivity contribution >= 4 is 5.97 Å². The van der Waals surface area contributed by atoms with E-state index in [9.17, 15) is 9.90 Å². The van der Waals surface area contributed by atoms with Crippen LogP contribution in [-0.4, -0.2) is 17.7 Å². The van der Waals surface area contributed by atoms with Crippen LogP contribution in [0.5, 0.6) is 0 Å². The van der Waals surface area contributed by atoms with E-state index in [1.807, 2.05) is 32.9 Å². The van der Waals surface area contributed by atoms with Gasteiger partial charge in [0.15, 0.2) is 0 Å². The van der Waals surface area contributed by atoms with E-state index in [-0.39, 0.29) is 5.97 Å². The molecule has 0 amide bonds. The lowest BCUT2D eigenvalue weighted by Gasteiger charge is -2.30. The van der Waals surface area contributed by atoms with Crippen molar-refractivity contribution in [1.29, 1.82) is 0 Å². The lowest BCUT2D eigenvalue weighted by Crippen LogP contribution is -2.34. The summed E-state index contributed by atoms with van der Waals surface area (Å²) in [4.78, 5) is 12.0. The van der Waals surface area contributed by atoms with E-state index in [0.29, 0.717) is 6.61 Å². The first-order valence-electron chi connectivity index (χ1n) is 6.64. The zero-order valence-electron chi connectivity index (χ0n) is 12.7. The quantitative estimate of drug-likeness (QED) is 0.849. The highest BCUT2D eigenvalue weighted by Gasteiger charge is 2.39. The second-order valence-corrected chi connectivity index (χ2v) is 5.66. The lowest BCUT2D eigenvalue weighted by atomic mass is 9.79. The molecule has 1 aromatic rings. The van der Waals surface area contributed by atoms with Crippen molar-refractivity contribution in [1.82, 2.24) is 0 Å². The molecule has 1 N–H and O–H groups in total. The highest BCUT2D eigenvalue weighted by Crippen LogP contribution is 2.37. The summed E-state index contributed by atoms with van der Waals surface area (Å²) < 4.78 is 5.05. The molecule has 0 heterocycles. The van der Waals surface area contributed by atoms with E-state index < -0.39 is 11.5 Å². The Bertz CT molecular complexity index is 452. The van der Waals surface area contributed by atoms with Gasteiger partial charge in [-0.2, -0.15) is 0 Å². The third kappa shape index (κ3) is 3.16. The Labute approximate surface area is 115 Å². The number of rotatable bonds is 4. The first kappa shape index (κ1) is 15.7. The molecule has 1 rings (SSSR count). The van der Waals surface area contributed by atoms with E-state index in [2.05, 4.69) is 0 Å². The second kappa shape index (κ2) is 5.74. The molecule has 0 aliphatic carbocycles. The van der Waals surface area contributed by atoms with E-state index in [1.165, 1.54) is 0 Å². The van der Waals surface area contributed by atoms with Crippen LogP contribution < -0.4 is 0 Å². The normalized spacial score (nSPS) is 13.2. The maximum Gasteiger partial charge on any atom is 0.314 e. The van der Waals surface area contributed by atoms with Gasteiger partial charge in [-0.05, 0) is 58.2 Å². The number of hydrogen-bond acceptors (Lipinski definition) is 3. The topological polar surface area (TPSA) is 46.5 Å². The number of aliphatic hydroxyl groups excluding tert-OH is 1. The largest absolute Gasteiger partial charge is 0.465 e. The fraction of sp³-hybridized carbons (Fsp3) is 0.562. The average molecular weight is 264 g/mol. The number of aryl methyl sites for hydroxylation is 3. The van der Waals surface area contributed by atoms with E-state index in [4.69, 9.17) is 4.74 Å². The van der Waals surface area contributed by atoms with Gasteiger partial charge < -0.3 is 9.84 Å². The molecule has 19 heavy (non-hydrogen) atoms. The molecule has 1 unspecified atom stereocenters. The maximum atomic E-state index is 12.0. The molecule has 1 atom stereocenters. The van der Waals surface area contributed by atoms with Crippen LogP contribution in [0.3, 0.4) is 0 Å². The summed E-state index contributed by atoms with van der Waals surface area (Å²) in [5.41, 5.74) is 3.02. The van der Waals surface area contributed by atoms with Crippen molar-refractivity contribution < 1.29 is 14.6 Å². The van der Waals surface area contributed by atoms with Crippen molar-refractivity contribution in [2.45, 2.75) is 47.6 Å². The van der Waals surface area contributed by atoms with Gasteiger partial charge in [0.1, 0.15) is 0 Å². The monoisotopic (exact) mass is 264 g/mol. The SMILES string of the molecule is CCOC(=O)C(C)(C)C(O)c1c(C)cc(C)cc1C. The van der Waals surface area contributed by atoms with Crippen LogP contribution in [0, 0.1) is 26.2 Å². The Morgan fingerprint density at radius 3 is 2.16 bits per heavy atom. The van der Waals surface area contributed by atoms with Crippen LogP contribution in [0.4, 0.5) is 0 Å². The molecule has 1 aromatic carbocycles. The van der Waals surface area contributed by atoms with Gasteiger partial charge in [0.2, 0.25) is 0 Å². The van der Waals surface area contributed by atoms with Crippen LogP contribution in [0.25, 0.3) is 0 Å². The number of carbonyl (C=O) groups excluding carboxylic acids is 1. The Morgan fingerprint density at radius 2 is 1.74 bits per heavy atom. The molecule has 0 aromatic heterocycles. The van der Waals surface area contributed by atoms with Crippen LogP contribution >= 0.6 is 0 Å². The molecular weight excluding hydrogens is 240 g/mol. The molecule has 3 nitrogen and oxygen atoms in total. The summed E-state index contributed by atoms with van der Waals surface area (Å²) in [5, 5.41) is 10.6. The van der Waals surface area contributed by atoms with Gasteiger partial charge in [0, 0.05) is 0 Å². The van der Waals surface area contributed by atoms with Gasteiger partial charge in [-0.15, -0.1) is 0 Å². The highest BCUT2D eigenvalue weighted by atomic mass is 16.5. The summed E-state index contributed by atoms with van der Waals surface area (Å²) in [6.07, 6.45) is -0.868. The molecule has 3 heteroatoms. The first-order valence-corrected chi connectivity index (χ1v) is 6.64. The fourth-order valence-electron chi connectivity index (χ4n) is 2.41. The Kier molecular flexibility index (Phi) is 4.75. The van der Waals surface area contributed by atoms with Gasteiger partial charge in [-0.1, -0.05) is 17.7 Å². The summed E-state index contributed by atoms with van der Waals surface area (Å²) in [5.74, 6) is -0.373. The van der Waals surface area contributed by atoms with Gasteiger partial charge in [-0.25, -0.2) is 0 Å². The van der Waals surface area contributed by atoms with Crippen molar-refractivity contribution in [2.75, 3.05) is 6.61 Å². The molecule has 0 saturated heterocycles. The molecule has 0 spiro atoms. The van der Waals surface area contributed by atoms with Crippen molar-refractivity contribution in [2.24, 2.45) is 5.41 Å². The van der Waals surface area contributed by atoms with Gasteiger partial charge in [-0.3, -0.25) is 4.79 Å². The number of carbonyl (C=O) groups is 1. The smallest absolute Gasteiger partial charge is 0.314 e. The maximum absolute atomic E-state index is 12.0. The van der Waals surface area contributed by atoms with Gasteiger partial charge >= 0.3 is 5.97 Å². The molecule has 0 saturated carbocycles. The van der Waals surface area contributed by atoms with Crippen LogP contribution in [0.15, 0.2) is 12.1 Å². The molecule has 0 aliphatic heterocycles. The third-order valence-corrected chi connectivity index (χ3v) is 3.50. The van der Waals surface area contributed by atoms with E-state index in [0.717, 1.165) is 22.3 Å². The van der Waals surface area contributed by atoms with Gasteiger partial charge in [0.25, 0.3) is 0 Å². The second-order valence-electron chi connectivity index (χ2n) is 5.66. The predicted octanol–water partition coefficient (Wildman–Crippen LogP) is 3.23. The van der Waals surface area contributed by atoms with Crippen LogP contribution in [0.1, 0.15) is 49.1 Å². The van der Waals surface area contributed by atoms with E-state index >= 15 is 0 Å². The fourth-order valence-corrected chi connectivity index (χ4v) is 2.41. The molecule has 0 bridgehead atoms. The number of benzene rings is 1. The van der Waals surface area contributed by atoms with Crippen molar-refractivity contribution in [3.8, 4) is 0 Å². The minimum Gasteiger partial charge on any atom is -0.465 e. The zero-order chi connectivity index (χ0) is 14.8. The minimum absolute atomic E-state index is 0.320.